The molecule has 0 saturated carbocycles. The number of aryl methyl sites for hydroxylation is 1. The Hall–Kier alpha value is -3.56. The quantitative estimate of drug-likeness (QED) is 0.449. The molecule has 5 rings (SSSR count). The maximum atomic E-state index is 14.1. The lowest BCUT2D eigenvalue weighted by Gasteiger charge is -2.34. The van der Waals surface area contributed by atoms with E-state index in [-0.39, 0.29) is 37.0 Å². The number of rotatable bonds is 4. The molecule has 7 nitrogen and oxygen atoms in total. The van der Waals surface area contributed by atoms with E-state index in [0.29, 0.717) is 11.1 Å². The first-order valence-corrected chi connectivity index (χ1v) is 12.4. The molecule has 0 radical (unpaired) electrons. The van der Waals surface area contributed by atoms with Gasteiger partial charge >= 0.3 is 0 Å². The molecule has 0 atom stereocenters. The van der Waals surface area contributed by atoms with Crippen LogP contribution in [0.5, 0.6) is 0 Å². The second kappa shape index (κ2) is 8.66. The molecule has 1 amide bonds. The summed E-state index contributed by atoms with van der Waals surface area (Å²) in [4.78, 5) is 19.1. The smallest absolute Gasteiger partial charge is 0.254 e. The van der Waals surface area contributed by atoms with Gasteiger partial charge in [-0.3, -0.25) is 9.36 Å². The standard InChI is InChI=1S/C25H23FN4O3S/c1-18-27-22-17-19(11-12-23(22)30(18)20-7-3-2-4-8-20)25(31)28-13-15-29(16-14-28)34(32,33)24-10-6-5-9-21(24)26/h2-12,17H,13-16H2,1H3. The number of sulfonamides is 1. The SMILES string of the molecule is Cc1nc2cc(C(=O)N3CCN(S(=O)(=O)c4ccccc4F)CC3)ccc2n1-c1ccccc1. The number of fused-ring (bicyclic) bond motifs is 1. The molecular weight excluding hydrogens is 455 g/mol. The van der Waals surface area contributed by atoms with Crippen molar-refractivity contribution in [3.8, 4) is 5.69 Å². The van der Waals surface area contributed by atoms with Crippen LogP contribution < -0.4 is 0 Å². The predicted octanol–water partition coefficient (Wildman–Crippen LogP) is 3.62. The summed E-state index contributed by atoms with van der Waals surface area (Å²) in [6.07, 6.45) is 0. The number of hydrogen-bond donors (Lipinski definition) is 0. The van der Waals surface area contributed by atoms with E-state index in [2.05, 4.69) is 4.98 Å². The second-order valence-electron chi connectivity index (χ2n) is 8.16. The Morgan fingerprint density at radius 1 is 0.912 bits per heavy atom. The zero-order valence-corrected chi connectivity index (χ0v) is 19.4. The summed E-state index contributed by atoms with van der Waals surface area (Å²) in [6.45, 7) is 2.58. The first-order valence-electron chi connectivity index (χ1n) is 10.9. The lowest BCUT2D eigenvalue weighted by molar-refractivity contribution is 0.0698. The predicted molar refractivity (Wildman–Crippen MR) is 127 cm³/mol. The molecule has 4 aromatic rings. The highest BCUT2D eigenvalue weighted by Gasteiger charge is 2.32. The first-order chi connectivity index (χ1) is 16.4. The van der Waals surface area contributed by atoms with Gasteiger partial charge in [-0.05, 0) is 49.4 Å². The Bertz CT molecular complexity index is 1480. The van der Waals surface area contributed by atoms with E-state index in [1.54, 1.807) is 17.0 Å². The molecule has 3 aromatic carbocycles. The molecule has 174 valence electrons. The van der Waals surface area contributed by atoms with E-state index in [1.807, 2.05) is 47.9 Å². The van der Waals surface area contributed by atoms with Gasteiger partial charge in [-0.1, -0.05) is 30.3 Å². The van der Waals surface area contributed by atoms with Crippen LogP contribution in [0.1, 0.15) is 16.2 Å². The monoisotopic (exact) mass is 478 g/mol. The molecule has 1 aromatic heterocycles. The van der Waals surface area contributed by atoms with Crippen LogP contribution >= 0.6 is 0 Å². The van der Waals surface area contributed by atoms with Gasteiger partial charge in [0.05, 0.1) is 11.0 Å². The minimum absolute atomic E-state index is 0.104. The number of aromatic nitrogens is 2. The average Bonchev–Trinajstić information content (AvgIpc) is 3.19. The molecule has 0 unspecified atom stereocenters. The summed E-state index contributed by atoms with van der Waals surface area (Å²) in [5.74, 6) is -0.144. The zero-order valence-electron chi connectivity index (χ0n) is 18.6. The van der Waals surface area contributed by atoms with Crippen molar-refractivity contribution in [1.82, 2.24) is 18.8 Å². The van der Waals surface area contributed by atoms with E-state index in [1.165, 1.54) is 22.5 Å². The van der Waals surface area contributed by atoms with Crippen LogP contribution in [-0.4, -0.2) is 59.3 Å². The second-order valence-corrected chi connectivity index (χ2v) is 10.1. The molecule has 34 heavy (non-hydrogen) atoms. The van der Waals surface area contributed by atoms with Gasteiger partial charge in [0.25, 0.3) is 5.91 Å². The third-order valence-corrected chi connectivity index (χ3v) is 8.00. The van der Waals surface area contributed by atoms with Crippen molar-refractivity contribution in [3.05, 3.63) is 90.0 Å². The molecule has 1 aliphatic heterocycles. The molecule has 0 spiro atoms. The van der Waals surface area contributed by atoms with E-state index in [0.717, 1.165) is 23.1 Å². The van der Waals surface area contributed by atoms with Crippen LogP contribution in [0.3, 0.4) is 0 Å². The minimum Gasteiger partial charge on any atom is -0.336 e. The highest BCUT2D eigenvalue weighted by Crippen LogP contribution is 2.24. The van der Waals surface area contributed by atoms with Gasteiger partial charge in [-0.2, -0.15) is 4.31 Å². The Kier molecular flexibility index (Phi) is 5.66. The first kappa shape index (κ1) is 22.2. The zero-order chi connectivity index (χ0) is 23.9. The van der Waals surface area contributed by atoms with Crippen LogP contribution in [0.4, 0.5) is 4.39 Å². The molecular formula is C25H23FN4O3S. The molecule has 2 heterocycles. The lowest BCUT2D eigenvalue weighted by Crippen LogP contribution is -2.50. The largest absolute Gasteiger partial charge is 0.336 e. The fraction of sp³-hybridized carbons (Fsp3) is 0.200. The van der Waals surface area contributed by atoms with Crippen LogP contribution in [0.15, 0.2) is 77.7 Å². The van der Waals surface area contributed by atoms with E-state index in [4.69, 9.17) is 0 Å². The highest BCUT2D eigenvalue weighted by molar-refractivity contribution is 7.89. The number of amides is 1. The number of imidazole rings is 1. The van der Waals surface area contributed by atoms with E-state index >= 15 is 0 Å². The fourth-order valence-corrected chi connectivity index (χ4v) is 5.83. The third kappa shape index (κ3) is 3.86. The van der Waals surface area contributed by atoms with Gasteiger partial charge in [0.15, 0.2) is 0 Å². The Morgan fingerprint density at radius 3 is 2.29 bits per heavy atom. The summed E-state index contributed by atoms with van der Waals surface area (Å²) < 4.78 is 43.0. The number of para-hydroxylation sites is 1. The van der Waals surface area contributed by atoms with Crippen LogP contribution in [0.25, 0.3) is 16.7 Å². The van der Waals surface area contributed by atoms with Crippen molar-refractivity contribution in [2.24, 2.45) is 0 Å². The average molecular weight is 479 g/mol. The van der Waals surface area contributed by atoms with Gasteiger partial charge in [0, 0.05) is 37.4 Å². The third-order valence-electron chi connectivity index (χ3n) is 6.06. The van der Waals surface area contributed by atoms with Crippen molar-refractivity contribution in [2.45, 2.75) is 11.8 Å². The molecule has 1 saturated heterocycles. The number of nitrogens with zero attached hydrogens (tertiary/aromatic N) is 4. The molecule has 0 aliphatic carbocycles. The van der Waals surface area contributed by atoms with E-state index < -0.39 is 15.8 Å². The Balaban J connectivity index is 1.34. The number of piperazine rings is 1. The van der Waals surface area contributed by atoms with Crippen LogP contribution in [-0.2, 0) is 10.0 Å². The maximum Gasteiger partial charge on any atom is 0.254 e. The Morgan fingerprint density at radius 2 is 1.59 bits per heavy atom. The lowest BCUT2D eigenvalue weighted by atomic mass is 10.1. The van der Waals surface area contributed by atoms with Gasteiger partial charge in [0.2, 0.25) is 10.0 Å². The number of halogens is 1. The Labute approximate surface area is 197 Å². The maximum absolute atomic E-state index is 14.1. The van der Waals surface area contributed by atoms with Crippen molar-refractivity contribution in [2.75, 3.05) is 26.2 Å². The molecule has 1 fully saturated rings. The van der Waals surface area contributed by atoms with Gasteiger partial charge in [-0.25, -0.2) is 17.8 Å². The minimum atomic E-state index is -3.96. The van der Waals surface area contributed by atoms with Crippen molar-refractivity contribution < 1.29 is 17.6 Å². The molecule has 0 N–H and O–H groups in total. The summed E-state index contributed by atoms with van der Waals surface area (Å²) in [7, 11) is -3.96. The van der Waals surface area contributed by atoms with Gasteiger partial charge < -0.3 is 4.90 Å². The fourth-order valence-electron chi connectivity index (χ4n) is 4.34. The summed E-state index contributed by atoms with van der Waals surface area (Å²) in [5.41, 5.74) is 3.11. The molecule has 9 heteroatoms. The van der Waals surface area contributed by atoms with Crippen LogP contribution in [0.2, 0.25) is 0 Å². The van der Waals surface area contributed by atoms with Crippen molar-refractivity contribution in [3.63, 3.8) is 0 Å². The normalized spacial score (nSPS) is 15.1. The van der Waals surface area contributed by atoms with E-state index in [9.17, 15) is 17.6 Å². The number of carbonyl (C=O) groups excluding carboxylic acids is 1. The van der Waals surface area contributed by atoms with Crippen molar-refractivity contribution in [1.29, 1.82) is 0 Å². The number of benzene rings is 3. The highest BCUT2D eigenvalue weighted by atomic mass is 32.2. The number of hydrogen-bond acceptors (Lipinski definition) is 4. The molecule has 0 bridgehead atoms. The summed E-state index contributed by atoms with van der Waals surface area (Å²) >= 11 is 0. The van der Waals surface area contributed by atoms with Gasteiger partial charge in [-0.15, -0.1) is 0 Å². The van der Waals surface area contributed by atoms with Crippen LogP contribution in [0, 0.1) is 12.7 Å². The molecule has 1 aliphatic rings. The summed E-state index contributed by atoms with van der Waals surface area (Å²) in [6, 6.07) is 20.6. The number of carbonyl (C=O) groups is 1. The van der Waals surface area contributed by atoms with Gasteiger partial charge in [0.1, 0.15) is 16.5 Å². The summed E-state index contributed by atoms with van der Waals surface area (Å²) in [5, 5.41) is 0. The topological polar surface area (TPSA) is 75.5 Å². The van der Waals surface area contributed by atoms with Crippen molar-refractivity contribution >= 4 is 27.0 Å².